The molecule has 1 heterocycles. The number of carboxylic acids is 2. The van der Waals surface area contributed by atoms with Crippen LogP contribution in [-0.4, -0.2) is 71.7 Å². The second-order valence-electron chi connectivity index (χ2n) is 13.7. The molecule has 5 aromatic rings. The number of ether oxygens (including phenoxy) is 2. The summed E-state index contributed by atoms with van der Waals surface area (Å²) >= 11 is 0. The lowest BCUT2D eigenvalue weighted by Crippen LogP contribution is -2.40. The van der Waals surface area contributed by atoms with Gasteiger partial charge in [-0.25, -0.2) is 22.9 Å². The first-order valence-corrected chi connectivity index (χ1v) is 19.3. The van der Waals surface area contributed by atoms with Gasteiger partial charge in [-0.2, -0.15) is 15.2 Å². The topological polar surface area (TPSA) is 243 Å². The zero-order chi connectivity index (χ0) is 41.9. The third-order valence-electron chi connectivity index (χ3n) is 7.77. The quantitative estimate of drug-likeness (QED) is 0.0382. The Morgan fingerprint density at radius 3 is 2.19 bits per heavy atom. The third kappa shape index (κ3) is 12.6. The first-order chi connectivity index (χ1) is 27.5. The zero-order valence-corrected chi connectivity index (χ0v) is 32.8. The molecule has 0 unspecified atom stereocenters. The molecule has 0 bridgehead atoms. The fraction of sp³-hybridized carbons (Fsp3) is 0.225. The molecule has 6 N–H and O–H groups in total. The number of rotatable bonds is 18. The molecule has 1 aromatic heterocycles. The lowest BCUT2D eigenvalue weighted by Gasteiger charge is -2.20. The first kappa shape index (κ1) is 42.2. The zero-order valence-electron chi connectivity index (χ0n) is 32.0. The van der Waals surface area contributed by atoms with Crippen molar-refractivity contribution in [2.75, 3.05) is 30.4 Å². The standard InChI is InChI=1S/C40H42N8O9S/c1-25-24-42-39(45-36(25)43-29-6-5-7-32(22-29)58(54,55)48-40(2,3)4)44-27-12-15-31(16-13-27)56-20-21-57-34-17-14-30(23-33(34)38(52)53)47-46-28-10-8-26(9-11-28)37(51)41-19-18-35(49)50/h5-17,22-24,48H,18-21H2,1-4H3,(H,41,51)(H,49,50)(H,52,53)(H2,42,43,44,45). The van der Waals surface area contributed by atoms with Crippen LogP contribution in [0.4, 0.5) is 34.5 Å². The highest BCUT2D eigenvalue weighted by Gasteiger charge is 2.22. The van der Waals surface area contributed by atoms with E-state index >= 15 is 0 Å². The Balaban J connectivity index is 1.12. The largest absolute Gasteiger partial charge is 0.490 e. The summed E-state index contributed by atoms with van der Waals surface area (Å²) in [5.74, 6) is -1.20. The summed E-state index contributed by atoms with van der Waals surface area (Å²) < 4.78 is 39.8. The number of carboxylic acid groups (broad SMARTS) is 2. The summed E-state index contributed by atoms with van der Waals surface area (Å²) in [7, 11) is -3.73. The van der Waals surface area contributed by atoms with E-state index in [0.29, 0.717) is 40.1 Å². The fourth-order valence-electron chi connectivity index (χ4n) is 5.10. The van der Waals surface area contributed by atoms with Crippen molar-refractivity contribution in [3.63, 3.8) is 0 Å². The minimum absolute atomic E-state index is 0.00293. The summed E-state index contributed by atoms with van der Waals surface area (Å²) in [6, 6.07) is 24.0. The van der Waals surface area contributed by atoms with Gasteiger partial charge in [-0.3, -0.25) is 9.59 Å². The summed E-state index contributed by atoms with van der Waals surface area (Å²) in [4.78, 5) is 43.8. The van der Waals surface area contributed by atoms with Crippen molar-refractivity contribution >= 4 is 62.4 Å². The molecular weight excluding hydrogens is 769 g/mol. The van der Waals surface area contributed by atoms with Crippen molar-refractivity contribution in [2.24, 2.45) is 10.2 Å². The molecule has 4 aromatic carbocycles. The van der Waals surface area contributed by atoms with Crippen molar-refractivity contribution in [3.8, 4) is 11.5 Å². The number of carbonyl (C=O) groups excluding carboxylic acids is 1. The van der Waals surface area contributed by atoms with Gasteiger partial charge in [0.05, 0.1) is 22.7 Å². The first-order valence-electron chi connectivity index (χ1n) is 17.8. The number of hydrogen-bond acceptors (Lipinski definition) is 13. The van der Waals surface area contributed by atoms with Crippen LogP contribution in [0.25, 0.3) is 0 Å². The molecule has 0 saturated heterocycles. The van der Waals surface area contributed by atoms with Crippen molar-refractivity contribution < 1.29 is 42.5 Å². The number of nitrogens with one attached hydrogen (secondary N) is 4. The van der Waals surface area contributed by atoms with E-state index in [1.54, 1.807) is 81.6 Å². The summed E-state index contributed by atoms with van der Waals surface area (Å²) in [6.45, 7) is 7.32. The molecule has 58 heavy (non-hydrogen) atoms. The van der Waals surface area contributed by atoms with Crippen LogP contribution in [0.15, 0.2) is 112 Å². The highest BCUT2D eigenvalue weighted by Crippen LogP contribution is 2.28. The number of azo groups is 1. The predicted octanol–water partition coefficient (Wildman–Crippen LogP) is 7.12. The maximum atomic E-state index is 12.8. The molecular formula is C40H42N8O9S. The molecule has 0 aliphatic carbocycles. The number of aromatic carboxylic acids is 1. The van der Waals surface area contributed by atoms with Crippen molar-refractivity contribution in [1.82, 2.24) is 20.0 Å². The number of carbonyl (C=O) groups is 3. The van der Waals surface area contributed by atoms with Crippen LogP contribution < -0.4 is 30.1 Å². The Bertz CT molecular complexity index is 2400. The van der Waals surface area contributed by atoms with Gasteiger partial charge in [0, 0.05) is 40.8 Å². The number of aromatic nitrogens is 2. The van der Waals surface area contributed by atoms with E-state index in [1.165, 1.54) is 36.4 Å². The van der Waals surface area contributed by atoms with Crippen LogP contribution >= 0.6 is 0 Å². The monoisotopic (exact) mass is 810 g/mol. The molecule has 0 saturated carbocycles. The average Bonchev–Trinajstić information content (AvgIpc) is 3.17. The van der Waals surface area contributed by atoms with Crippen LogP contribution in [0.5, 0.6) is 11.5 Å². The number of anilines is 4. The lowest BCUT2D eigenvalue weighted by molar-refractivity contribution is -0.136. The smallest absolute Gasteiger partial charge is 0.339 e. The van der Waals surface area contributed by atoms with Crippen molar-refractivity contribution in [2.45, 2.75) is 44.6 Å². The summed E-state index contributed by atoms with van der Waals surface area (Å²) in [6.07, 6.45) is 1.45. The SMILES string of the molecule is Cc1cnc(Nc2ccc(OCCOc3ccc(N=Nc4ccc(C(=O)NCCC(=O)O)cc4)cc3C(=O)O)cc2)nc1Nc1cccc(S(=O)(=O)NC(C)(C)C)c1. The number of aryl methyl sites for hydroxylation is 1. The molecule has 17 nitrogen and oxygen atoms in total. The van der Waals surface area contributed by atoms with Crippen molar-refractivity contribution in [3.05, 3.63) is 114 Å². The van der Waals surface area contributed by atoms with Crippen LogP contribution in [0.3, 0.4) is 0 Å². The molecule has 302 valence electrons. The van der Waals surface area contributed by atoms with E-state index in [-0.39, 0.29) is 48.1 Å². The van der Waals surface area contributed by atoms with Gasteiger partial charge >= 0.3 is 11.9 Å². The molecule has 0 radical (unpaired) electrons. The third-order valence-corrected chi connectivity index (χ3v) is 9.52. The van der Waals surface area contributed by atoms with Crippen LogP contribution in [0, 0.1) is 6.92 Å². The minimum Gasteiger partial charge on any atom is -0.490 e. The number of benzene rings is 4. The maximum Gasteiger partial charge on any atom is 0.339 e. The van der Waals surface area contributed by atoms with Gasteiger partial charge in [-0.1, -0.05) is 6.07 Å². The van der Waals surface area contributed by atoms with E-state index < -0.39 is 33.4 Å². The molecule has 0 aliphatic rings. The van der Waals surface area contributed by atoms with Crippen LogP contribution in [0.1, 0.15) is 53.5 Å². The average molecular weight is 811 g/mol. The van der Waals surface area contributed by atoms with Crippen LogP contribution in [-0.2, 0) is 14.8 Å². The van der Waals surface area contributed by atoms with Gasteiger partial charge in [0.25, 0.3) is 5.91 Å². The Labute approximate surface area is 334 Å². The summed E-state index contributed by atoms with van der Waals surface area (Å²) in [5, 5.41) is 35.5. The second-order valence-corrected chi connectivity index (χ2v) is 15.4. The predicted molar refractivity (Wildman–Crippen MR) is 216 cm³/mol. The van der Waals surface area contributed by atoms with E-state index in [4.69, 9.17) is 14.6 Å². The number of aliphatic carboxylic acids is 1. The number of hydrogen-bond donors (Lipinski definition) is 6. The Morgan fingerprint density at radius 1 is 0.810 bits per heavy atom. The number of amides is 1. The van der Waals surface area contributed by atoms with Gasteiger partial charge in [0.15, 0.2) is 0 Å². The Morgan fingerprint density at radius 2 is 1.50 bits per heavy atom. The number of nitrogens with zero attached hydrogens (tertiary/aromatic N) is 4. The Hall–Kier alpha value is -6.92. The minimum atomic E-state index is -3.73. The van der Waals surface area contributed by atoms with E-state index in [0.717, 1.165) is 5.56 Å². The molecule has 0 fully saturated rings. The van der Waals surface area contributed by atoms with Gasteiger partial charge in [-0.15, -0.1) is 0 Å². The molecule has 0 spiro atoms. The van der Waals surface area contributed by atoms with E-state index in [9.17, 15) is 27.9 Å². The van der Waals surface area contributed by atoms with Gasteiger partial charge < -0.3 is 35.6 Å². The number of sulfonamides is 1. The summed E-state index contributed by atoms with van der Waals surface area (Å²) in [5.41, 5.74) is 2.20. The lowest BCUT2D eigenvalue weighted by atomic mass is 10.1. The Kier molecular flexibility index (Phi) is 13.7. The molecule has 18 heteroatoms. The fourth-order valence-corrected chi connectivity index (χ4v) is 6.56. The highest BCUT2D eigenvalue weighted by atomic mass is 32.2. The molecule has 5 rings (SSSR count). The molecule has 0 atom stereocenters. The maximum absolute atomic E-state index is 12.8. The highest BCUT2D eigenvalue weighted by molar-refractivity contribution is 7.89. The molecule has 1 amide bonds. The van der Waals surface area contributed by atoms with E-state index in [2.05, 4.69) is 40.9 Å². The van der Waals surface area contributed by atoms with Gasteiger partial charge in [0.1, 0.15) is 36.1 Å². The van der Waals surface area contributed by atoms with E-state index in [1.807, 2.05) is 6.92 Å². The molecule has 0 aliphatic heterocycles. The van der Waals surface area contributed by atoms with Crippen molar-refractivity contribution in [1.29, 1.82) is 0 Å². The normalized spacial score (nSPS) is 11.5. The van der Waals surface area contributed by atoms with Gasteiger partial charge in [0.2, 0.25) is 16.0 Å². The second kappa shape index (κ2) is 18.8. The van der Waals surface area contributed by atoms with Crippen LogP contribution in [0.2, 0.25) is 0 Å². The van der Waals surface area contributed by atoms with Gasteiger partial charge in [-0.05, 0) is 113 Å².